The summed E-state index contributed by atoms with van der Waals surface area (Å²) < 4.78 is 0. The smallest absolute Gasteiger partial charge is 0.251 e. The number of carbonyl (C=O) groups is 1. The predicted molar refractivity (Wildman–Crippen MR) is 89.4 cm³/mol. The molecule has 1 saturated carbocycles. The lowest BCUT2D eigenvalue weighted by Gasteiger charge is -2.43. The summed E-state index contributed by atoms with van der Waals surface area (Å²) >= 11 is 0. The van der Waals surface area contributed by atoms with Crippen molar-refractivity contribution in [3.05, 3.63) is 23.9 Å². The molecule has 126 valence electrons. The van der Waals surface area contributed by atoms with Crippen LogP contribution in [0.3, 0.4) is 0 Å². The number of anilines is 1. The number of nitrogens with one attached hydrogen (secondary N) is 3. The molecule has 23 heavy (non-hydrogen) atoms. The van der Waals surface area contributed by atoms with Gasteiger partial charge in [-0.05, 0) is 62.7 Å². The maximum Gasteiger partial charge on any atom is 0.251 e. The molecule has 1 amide bonds. The molecular formula is C17H26N4O2. The quantitative estimate of drug-likeness (QED) is 0.650. The number of hydrogen-bond donors (Lipinski definition) is 4. The first-order valence-electron chi connectivity index (χ1n) is 8.51. The highest BCUT2D eigenvalue weighted by atomic mass is 16.3. The lowest BCUT2D eigenvalue weighted by atomic mass is 9.71. The van der Waals surface area contributed by atoms with Gasteiger partial charge in [-0.3, -0.25) is 4.79 Å². The maximum absolute atomic E-state index is 12.6. The molecule has 1 atom stereocenters. The number of aromatic nitrogens is 1. The Morgan fingerprint density at radius 1 is 1.35 bits per heavy atom. The van der Waals surface area contributed by atoms with Gasteiger partial charge in [0.15, 0.2) is 0 Å². The summed E-state index contributed by atoms with van der Waals surface area (Å²) in [5.41, 5.74) is 0.628. The van der Waals surface area contributed by atoms with Gasteiger partial charge in [-0.1, -0.05) is 0 Å². The molecule has 0 unspecified atom stereocenters. The molecule has 0 radical (unpaired) electrons. The van der Waals surface area contributed by atoms with Gasteiger partial charge in [0.25, 0.3) is 5.91 Å². The van der Waals surface area contributed by atoms with Crippen molar-refractivity contribution in [3.8, 4) is 0 Å². The fourth-order valence-corrected chi connectivity index (χ4v) is 3.69. The fourth-order valence-electron chi connectivity index (χ4n) is 3.69. The number of aliphatic hydroxyl groups excluding tert-OH is 1. The predicted octanol–water partition coefficient (Wildman–Crippen LogP) is 0.992. The molecular weight excluding hydrogens is 292 g/mol. The van der Waals surface area contributed by atoms with E-state index in [9.17, 15) is 9.90 Å². The van der Waals surface area contributed by atoms with Gasteiger partial charge in [0.1, 0.15) is 5.82 Å². The summed E-state index contributed by atoms with van der Waals surface area (Å²) in [4.78, 5) is 16.8. The number of piperidine rings is 1. The lowest BCUT2D eigenvalue weighted by molar-refractivity contribution is 0.00919. The van der Waals surface area contributed by atoms with Crippen molar-refractivity contribution >= 4 is 11.7 Å². The zero-order valence-corrected chi connectivity index (χ0v) is 13.6. The summed E-state index contributed by atoms with van der Waals surface area (Å²) in [5, 5.41) is 19.2. The second-order valence-electron chi connectivity index (χ2n) is 6.65. The van der Waals surface area contributed by atoms with Crippen molar-refractivity contribution in [2.75, 3.05) is 25.5 Å². The monoisotopic (exact) mass is 318 g/mol. The fraction of sp³-hybridized carbons (Fsp3) is 0.647. The molecule has 1 aliphatic heterocycles. The third kappa shape index (κ3) is 3.82. The van der Waals surface area contributed by atoms with E-state index in [4.69, 9.17) is 0 Å². The van der Waals surface area contributed by atoms with Gasteiger partial charge in [-0.25, -0.2) is 4.98 Å². The third-order valence-electron chi connectivity index (χ3n) is 5.13. The summed E-state index contributed by atoms with van der Waals surface area (Å²) in [7, 11) is 1.79. The third-order valence-corrected chi connectivity index (χ3v) is 5.13. The second kappa shape index (κ2) is 7.27. The molecule has 6 nitrogen and oxygen atoms in total. The molecule has 0 spiro atoms. The molecule has 2 fully saturated rings. The molecule has 2 aliphatic rings. The minimum atomic E-state index is -0.196. The average molecular weight is 318 g/mol. The van der Waals surface area contributed by atoms with E-state index in [1.165, 1.54) is 0 Å². The topological polar surface area (TPSA) is 86.3 Å². The molecule has 0 aromatic carbocycles. The minimum absolute atomic E-state index is 0.0474. The van der Waals surface area contributed by atoms with Crippen LogP contribution in [0.4, 0.5) is 5.82 Å². The largest absolute Gasteiger partial charge is 0.393 e. The molecule has 1 saturated heterocycles. The Kier molecular flexibility index (Phi) is 5.13. The van der Waals surface area contributed by atoms with Crippen LogP contribution < -0.4 is 16.0 Å². The van der Waals surface area contributed by atoms with Crippen LogP contribution in [0.2, 0.25) is 0 Å². The van der Waals surface area contributed by atoms with Crippen molar-refractivity contribution < 1.29 is 9.90 Å². The number of aliphatic hydroxyl groups is 1. The number of carbonyl (C=O) groups excluding carboxylic acids is 1. The van der Waals surface area contributed by atoms with Crippen molar-refractivity contribution in [2.45, 2.75) is 37.8 Å². The molecule has 4 N–H and O–H groups in total. The van der Waals surface area contributed by atoms with Crippen LogP contribution in [0.5, 0.6) is 0 Å². The normalized spacial score (nSPS) is 26.2. The number of pyridine rings is 1. The molecule has 2 heterocycles. The molecule has 3 rings (SSSR count). The van der Waals surface area contributed by atoms with Crippen molar-refractivity contribution in [3.63, 3.8) is 0 Å². The summed E-state index contributed by atoms with van der Waals surface area (Å²) in [6.45, 7) is 2.01. The molecule has 0 bridgehead atoms. The number of nitrogens with zero attached hydrogens (tertiary/aromatic N) is 1. The Balaban J connectivity index is 1.70. The van der Waals surface area contributed by atoms with E-state index >= 15 is 0 Å². The summed E-state index contributed by atoms with van der Waals surface area (Å²) in [6, 6.07) is 3.66. The van der Waals surface area contributed by atoms with Crippen LogP contribution in [0.25, 0.3) is 0 Å². The van der Waals surface area contributed by atoms with Gasteiger partial charge in [0.05, 0.1) is 6.10 Å². The number of hydrogen-bond acceptors (Lipinski definition) is 5. The molecule has 1 aromatic rings. The first kappa shape index (κ1) is 16.2. The van der Waals surface area contributed by atoms with Crippen LogP contribution in [0.15, 0.2) is 18.3 Å². The zero-order chi connectivity index (χ0) is 16.2. The standard InChI is InChI=1S/C17H26N4O2/c1-18-15-10-12(4-7-20-15)17(23)21-16(13-8-14(22)9-13)11-2-5-19-6-3-11/h4,7,10-11,13-14,16,19,22H,2-3,5-6,8-9H2,1H3,(H,18,20)(H,21,23)/t13?,14?,16-/m1/s1. The van der Waals surface area contributed by atoms with Crippen LogP contribution in [0, 0.1) is 11.8 Å². The Labute approximate surface area is 137 Å². The Morgan fingerprint density at radius 3 is 2.74 bits per heavy atom. The Morgan fingerprint density at radius 2 is 2.09 bits per heavy atom. The van der Waals surface area contributed by atoms with Gasteiger partial charge in [0.2, 0.25) is 0 Å². The number of amides is 1. The maximum atomic E-state index is 12.6. The van der Waals surface area contributed by atoms with Gasteiger partial charge >= 0.3 is 0 Å². The van der Waals surface area contributed by atoms with Crippen molar-refractivity contribution in [1.29, 1.82) is 0 Å². The first-order valence-corrected chi connectivity index (χ1v) is 8.51. The lowest BCUT2D eigenvalue weighted by Crippen LogP contribution is -2.52. The number of rotatable bonds is 5. The van der Waals surface area contributed by atoms with Gasteiger partial charge in [-0.2, -0.15) is 0 Å². The minimum Gasteiger partial charge on any atom is -0.393 e. The summed E-state index contributed by atoms with van der Waals surface area (Å²) in [5.74, 6) is 1.52. The van der Waals surface area contributed by atoms with Gasteiger partial charge in [-0.15, -0.1) is 0 Å². The molecule has 6 heteroatoms. The second-order valence-corrected chi connectivity index (χ2v) is 6.65. The van der Waals surface area contributed by atoms with E-state index in [1.807, 2.05) is 0 Å². The highest BCUT2D eigenvalue weighted by Crippen LogP contribution is 2.35. The van der Waals surface area contributed by atoms with E-state index in [-0.39, 0.29) is 18.1 Å². The van der Waals surface area contributed by atoms with Crippen LogP contribution >= 0.6 is 0 Å². The van der Waals surface area contributed by atoms with Gasteiger partial charge < -0.3 is 21.1 Å². The van der Waals surface area contributed by atoms with Crippen LogP contribution in [0.1, 0.15) is 36.0 Å². The Bertz CT molecular complexity index is 539. The average Bonchev–Trinajstić information content (AvgIpc) is 2.58. The SMILES string of the molecule is CNc1cc(C(=O)N[C@H](C2CCNCC2)C2CC(O)C2)ccn1. The zero-order valence-electron chi connectivity index (χ0n) is 13.6. The van der Waals surface area contributed by atoms with Gasteiger partial charge in [0, 0.05) is 24.8 Å². The molecule has 1 aliphatic carbocycles. The highest BCUT2D eigenvalue weighted by Gasteiger charge is 2.39. The highest BCUT2D eigenvalue weighted by molar-refractivity contribution is 5.95. The van der Waals surface area contributed by atoms with Crippen LogP contribution in [-0.4, -0.2) is 48.3 Å². The van der Waals surface area contributed by atoms with Crippen molar-refractivity contribution in [2.24, 2.45) is 11.8 Å². The van der Waals surface area contributed by atoms with E-state index in [1.54, 1.807) is 25.4 Å². The van der Waals surface area contributed by atoms with Crippen LogP contribution in [-0.2, 0) is 0 Å². The van der Waals surface area contributed by atoms with E-state index in [2.05, 4.69) is 20.9 Å². The van der Waals surface area contributed by atoms with E-state index in [0.29, 0.717) is 23.2 Å². The summed E-state index contributed by atoms with van der Waals surface area (Å²) in [6.07, 6.45) is 5.21. The van der Waals surface area contributed by atoms with Crippen molar-refractivity contribution in [1.82, 2.24) is 15.6 Å². The van der Waals surface area contributed by atoms with E-state index in [0.717, 1.165) is 38.8 Å². The Hall–Kier alpha value is -1.66. The molecule has 1 aromatic heterocycles. The first-order chi connectivity index (χ1) is 11.2. The van der Waals surface area contributed by atoms with E-state index < -0.39 is 0 Å².